The minimum atomic E-state index is -0.979. The number of aliphatic carboxylic acids is 1. The average molecular weight is 434 g/mol. The summed E-state index contributed by atoms with van der Waals surface area (Å²) < 4.78 is 5.89. The van der Waals surface area contributed by atoms with Crippen LogP contribution in [0.2, 0.25) is 0 Å². The van der Waals surface area contributed by atoms with Gasteiger partial charge < -0.3 is 20.1 Å². The van der Waals surface area contributed by atoms with E-state index in [0.717, 1.165) is 5.69 Å². The van der Waals surface area contributed by atoms with E-state index in [0.29, 0.717) is 40.4 Å². The fraction of sp³-hybridized carbons (Fsp3) is 0.240. The number of carbonyl (C=O) groups is 2. The molecule has 0 aliphatic heterocycles. The molecule has 0 aliphatic rings. The monoisotopic (exact) mass is 433 g/mol. The molecule has 1 heterocycles. The summed E-state index contributed by atoms with van der Waals surface area (Å²) in [6.45, 7) is 3.71. The molecule has 3 rings (SSSR count). The van der Waals surface area contributed by atoms with Crippen molar-refractivity contribution in [2.45, 2.75) is 19.8 Å². The van der Waals surface area contributed by atoms with Gasteiger partial charge in [0.1, 0.15) is 5.75 Å². The van der Waals surface area contributed by atoms with Crippen LogP contribution >= 0.6 is 0 Å². The van der Waals surface area contributed by atoms with Gasteiger partial charge in [0.05, 0.1) is 35.8 Å². The lowest BCUT2D eigenvalue weighted by Crippen LogP contribution is -2.16. The molecule has 0 radical (unpaired) electrons. The van der Waals surface area contributed by atoms with Crippen LogP contribution in [0.1, 0.15) is 35.7 Å². The second-order valence-electron chi connectivity index (χ2n) is 7.52. The fourth-order valence-electron chi connectivity index (χ4n) is 3.30. The molecule has 1 aromatic heterocycles. The van der Waals surface area contributed by atoms with Crippen molar-refractivity contribution in [1.29, 1.82) is 0 Å². The van der Waals surface area contributed by atoms with Gasteiger partial charge in [-0.25, -0.2) is 0 Å². The molecule has 0 saturated heterocycles. The SMILES string of the molecule is CCOc1c(C(C)C(=O)O)ccc(-c2ccc(N(C)C)cn2)c1NC(=O)c1ccccc1. The molecule has 0 fully saturated rings. The number of carboxylic acid groups (broad SMARTS) is 1. The van der Waals surface area contributed by atoms with E-state index in [1.807, 2.05) is 44.1 Å². The molecular formula is C25H27N3O4. The molecule has 7 heteroatoms. The van der Waals surface area contributed by atoms with E-state index in [-0.39, 0.29) is 5.91 Å². The number of nitrogens with one attached hydrogen (secondary N) is 1. The van der Waals surface area contributed by atoms with Gasteiger partial charge in [0.2, 0.25) is 0 Å². The Morgan fingerprint density at radius 3 is 2.38 bits per heavy atom. The Morgan fingerprint density at radius 2 is 1.81 bits per heavy atom. The number of hydrogen-bond acceptors (Lipinski definition) is 5. The number of carboxylic acids is 1. The first kappa shape index (κ1) is 22.8. The van der Waals surface area contributed by atoms with Crippen molar-refractivity contribution in [2.24, 2.45) is 0 Å². The van der Waals surface area contributed by atoms with Gasteiger partial charge in [-0.05, 0) is 38.1 Å². The fourth-order valence-corrected chi connectivity index (χ4v) is 3.30. The zero-order valence-corrected chi connectivity index (χ0v) is 18.6. The third kappa shape index (κ3) is 4.88. The highest BCUT2D eigenvalue weighted by Gasteiger charge is 2.25. The molecule has 0 spiro atoms. The first-order valence-electron chi connectivity index (χ1n) is 10.4. The molecule has 0 saturated carbocycles. The molecular weight excluding hydrogens is 406 g/mol. The van der Waals surface area contributed by atoms with Gasteiger partial charge in [0, 0.05) is 30.8 Å². The summed E-state index contributed by atoms with van der Waals surface area (Å²) >= 11 is 0. The van der Waals surface area contributed by atoms with Gasteiger partial charge in [-0.3, -0.25) is 14.6 Å². The normalized spacial score (nSPS) is 11.5. The lowest BCUT2D eigenvalue weighted by atomic mass is 9.95. The molecule has 32 heavy (non-hydrogen) atoms. The third-order valence-corrected chi connectivity index (χ3v) is 5.13. The lowest BCUT2D eigenvalue weighted by Gasteiger charge is -2.21. The van der Waals surface area contributed by atoms with Crippen LogP contribution in [-0.2, 0) is 4.79 Å². The summed E-state index contributed by atoms with van der Waals surface area (Å²) in [6.07, 6.45) is 1.74. The Hall–Kier alpha value is -3.87. The predicted octanol–water partition coefficient (Wildman–Crippen LogP) is 4.65. The highest BCUT2D eigenvalue weighted by Crippen LogP contribution is 2.41. The molecule has 0 aliphatic carbocycles. The van der Waals surface area contributed by atoms with E-state index >= 15 is 0 Å². The van der Waals surface area contributed by atoms with Crippen molar-refractivity contribution in [3.63, 3.8) is 0 Å². The van der Waals surface area contributed by atoms with Gasteiger partial charge in [-0.1, -0.05) is 30.3 Å². The van der Waals surface area contributed by atoms with Crippen LogP contribution in [0.3, 0.4) is 0 Å². The van der Waals surface area contributed by atoms with Crippen LogP contribution < -0.4 is 15.0 Å². The number of rotatable bonds is 8. The number of pyridine rings is 1. The van der Waals surface area contributed by atoms with Gasteiger partial charge in [0.25, 0.3) is 5.91 Å². The van der Waals surface area contributed by atoms with Crippen LogP contribution in [0.15, 0.2) is 60.8 Å². The van der Waals surface area contributed by atoms with E-state index in [4.69, 9.17) is 4.74 Å². The summed E-state index contributed by atoms with van der Waals surface area (Å²) in [4.78, 5) is 31.2. The van der Waals surface area contributed by atoms with Crippen molar-refractivity contribution < 1.29 is 19.4 Å². The number of anilines is 2. The topological polar surface area (TPSA) is 91.8 Å². The lowest BCUT2D eigenvalue weighted by molar-refractivity contribution is -0.138. The third-order valence-electron chi connectivity index (χ3n) is 5.13. The standard InChI is InChI=1S/C25H27N3O4/c1-5-32-23-19(16(2)25(30)31)12-13-20(21-14-11-18(15-26-21)28(3)4)22(23)27-24(29)17-9-7-6-8-10-17/h6-16H,5H2,1-4H3,(H,27,29)(H,30,31). The van der Waals surface area contributed by atoms with Crippen molar-refractivity contribution in [3.05, 3.63) is 71.9 Å². The summed E-state index contributed by atoms with van der Waals surface area (Å²) in [7, 11) is 3.86. The number of amides is 1. The summed E-state index contributed by atoms with van der Waals surface area (Å²) in [5, 5.41) is 12.5. The minimum Gasteiger partial charge on any atom is -0.491 e. The summed E-state index contributed by atoms with van der Waals surface area (Å²) in [6, 6.07) is 16.1. The van der Waals surface area contributed by atoms with Crippen molar-refractivity contribution in [1.82, 2.24) is 4.98 Å². The molecule has 166 valence electrons. The molecule has 7 nitrogen and oxygen atoms in total. The maximum Gasteiger partial charge on any atom is 0.310 e. The Labute approximate surface area is 187 Å². The van der Waals surface area contributed by atoms with E-state index in [2.05, 4.69) is 10.3 Å². The first-order chi connectivity index (χ1) is 15.3. The van der Waals surface area contributed by atoms with Crippen LogP contribution in [0.4, 0.5) is 11.4 Å². The average Bonchev–Trinajstić information content (AvgIpc) is 2.80. The Morgan fingerprint density at radius 1 is 1.09 bits per heavy atom. The van der Waals surface area contributed by atoms with Gasteiger partial charge in [0.15, 0.2) is 0 Å². The van der Waals surface area contributed by atoms with Crippen LogP contribution in [-0.4, -0.2) is 42.7 Å². The van der Waals surface area contributed by atoms with Crippen molar-refractivity contribution in [3.8, 4) is 17.0 Å². The van der Waals surface area contributed by atoms with Crippen molar-refractivity contribution >= 4 is 23.3 Å². The predicted molar refractivity (Wildman–Crippen MR) is 126 cm³/mol. The largest absolute Gasteiger partial charge is 0.491 e. The second kappa shape index (κ2) is 9.96. The summed E-state index contributed by atoms with van der Waals surface area (Å²) in [5.74, 6) is -1.78. The quantitative estimate of drug-likeness (QED) is 0.537. The van der Waals surface area contributed by atoms with Crippen LogP contribution in [0, 0.1) is 0 Å². The zero-order chi connectivity index (χ0) is 23.3. The molecule has 2 N–H and O–H groups in total. The molecule has 3 aromatic rings. The maximum atomic E-state index is 13.0. The number of ether oxygens (including phenoxy) is 1. The number of benzene rings is 2. The van der Waals surface area contributed by atoms with E-state index in [1.54, 1.807) is 49.5 Å². The minimum absolute atomic E-state index is 0.310. The molecule has 1 atom stereocenters. The summed E-state index contributed by atoms with van der Waals surface area (Å²) in [5.41, 5.74) is 3.57. The highest BCUT2D eigenvalue weighted by atomic mass is 16.5. The second-order valence-corrected chi connectivity index (χ2v) is 7.52. The number of aromatic nitrogens is 1. The highest BCUT2D eigenvalue weighted by molar-refractivity contribution is 6.07. The zero-order valence-electron chi connectivity index (χ0n) is 18.6. The Kier molecular flexibility index (Phi) is 7.10. The number of nitrogens with zero attached hydrogens (tertiary/aromatic N) is 2. The van der Waals surface area contributed by atoms with Gasteiger partial charge >= 0.3 is 5.97 Å². The molecule has 2 aromatic carbocycles. The molecule has 0 bridgehead atoms. The smallest absolute Gasteiger partial charge is 0.310 e. The van der Waals surface area contributed by atoms with E-state index in [1.165, 1.54) is 0 Å². The van der Waals surface area contributed by atoms with E-state index < -0.39 is 11.9 Å². The number of hydrogen-bond donors (Lipinski definition) is 2. The maximum absolute atomic E-state index is 13.0. The Balaban J connectivity index is 2.17. The Bertz CT molecular complexity index is 1100. The van der Waals surface area contributed by atoms with E-state index in [9.17, 15) is 14.7 Å². The van der Waals surface area contributed by atoms with Gasteiger partial charge in [-0.15, -0.1) is 0 Å². The molecule has 1 unspecified atom stereocenters. The number of carbonyl (C=O) groups excluding carboxylic acids is 1. The van der Waals surface area contributed by atoms with Gasteiger partial charge in [-0.2, -0.15) is 0 Å². The first-order valence-corrected chi connectivity index (χ1v) is 10.4. The molecule has 1 amide bonds. The van der Waals surface area contributed by atoms with Crippen molar-refractivity contribution in [2.75, 3.05) is 30.9 Å². The van der Waals surface area contributed by atoms with Crippen LogP contribution in [0.25, 0.3) is 11.3 Å². The van der Waals surface area contributed by atoms with Crippen LogP contribution in [0.5, 0.6) is 5.75 Å².